The predicted octanol–water partition coefficient (Wildman–Crippen LogP) is 0.819. The van der Waals surface area contributed by atoms with Crippen molar-refractivity contribution in [2.45, 2.75) is 6.54 Å². The highest BCUT2D eigenvalue weighted by Crippen LogP contribution is 2.01. The van der Waals surface area contributed by atoms with Crippen molar-refractivity contribution in [2.75, 3.05) is 0 Å². The fourth-order valence-electron chi connectivity index (χ4n) is 1.27. The van der Waals surface area contributed by atoms with E-state index >= 15 is 0 Å². The van der Waals surface area contributed by atoms with Crippen molar-refractivity contribution in [3.05, 3.63) is 48.3 Å². The number of aromatic nitrogens is 4. The third kappa shape index (κ3) is 3.23. The van der Waals surface area contributed by atoms with Crippen LogP contribution in [0.1, 0.15) is 11.4 Å². The molecule has 0 amide bonds. The van der Waals surface area contributed by atoms with Crippen LogP contribution in [0.15, 0.2) is 36.9 Å². The standard InChI is InChI=1S/C11H10N4O2/c16-11(17)4-3-9-1-2-10(14-13-9)7-15-6-5-12-8-15/h1-6,8H,7H2,(H,16,17)/b4-3+. The fourth-order valence-corrected chi connectivity index (χ4v) is 1.27. The molecule has 0 aliphatic carbocycles. The van der Waals surface area contributed by atoms with Crippen molar-refractivity contribution in [3.8, 4) is 0 Å². The number of hydrogen-bond donors (Lipinski definition) is 1. The molecule has 1 N–H and O–H groups in total. The molecule has 2 heterocycles. The summed E-state index contributed by atoms with van der Waals surface area (Å²) in [5, 5.41) is 16.3. The number of carboxylic acids is 1. The Balaban J connectivity index is 2.05. The van der Waals surface area contributed by atoms with Gasteiger partial charge >= 0.3 is 5.97 Å². The second kappa shape index (κ2) is 5.02. The van der Waals surface area contributed by atoms with Gasteiger partial charge in [0.25, 0.3) is 0 Å². The zero-order chi connectivity index (χ0) is 12.1. The molecule has 17 heavy (non-hydrogen) atoms. The smallest absolute Gasteiger partial charge is 0.328 e. The van der Waals surface area contributed by atoms with Crippen LogP contribution in [-0.4, -0.2) is 30.8 Å². The number of imidazole rings is 1. The van der Waals surface area contributed by atoms with Gasteiger partial charge in [0.15, 0.2) is 0 Å². The van der Waals surface area contributed by atoms with Crippen molar-refractivity contribution in [2.24, 2.45) is 0 Å². The number of carbonyl (C=O) groups is 1. The van der Waals surface area contributed by atoms with Crippen molar-refractivity contribution >= 4 is 12.0 Å². The predicted molar refractivity (Wildman–Crippen MR) is 60.0 cm³/mol. The molecule has 0 unspecified atom stereocenters. The zero-order valence-corrected chi connectivity index (χ0v) is 8.89. The fraction of sp³-hybridized carbons (Fsp3) is 0.0909. The van der Waals surface area contributed by atoms with Gasteiger partial charge in [-0.25, -0.2) is 9.78 Å². The lowest BCUT2D eigenvalue weighted by molar-refractivity contribution is -0.131. The van der Waals surface area contributed by atoms with E-state index in [9.17, 15) is 4.79 Å². The summed E-state index contributed by atoms with van der Waals surface area (Å²) < 4.78 is 1.87. The average Bonchev–Trinajstić information content (AvgIpc) is 2.81. The minimum Gasteiger partial charge on any atom is -0.478 e. The molecule has 86 valence electrons. The van der Waals surface area contributed by atoms with Crippen molar-refractivity contribution in [1.82, 2.24) is 19.7 Å². The number of rotatable bonds is 4. The van der Waals surface area contributed by atoms with Crippen LogP contribution < -0.4 is 0 Å². The number of aliphatic carboxylic acids is 1. The molecule has 0 fully saturated rings. The van der Waals surface area contributed by atoms with E-state index in [2.05, 4.69) is 15.2 Å². The second-order valence-corrected chi connectivity index (χ2v) is 3.36. The Bertz CT molecular complexity index is 517. The van der Waals surface area contributed by atoms with E-state index in [0.717, 1.165) is 11.8 Å². The molecule has 0 bridgehead atoms. The summed E-state index contributed by atoms with van der Waals surface area (Å²) in [5.74, 6) is -1.01. The molecule has 0 saturated carbocycles. The maximum absolute atomic E-state index is 10.3. The Morgan fingerprint density at radius 2 is 2.29 bits per heavy atom. The normalized spacial score (nSPS) is 10.8. The SMILES string of the molecule is O=C(O)/C=C/c1ccc(Cn2ccnc2)nn1. The minimum atomic E-state index is -1.01. The molecule has 0 radical (unpaired) electrons. The zero-order valence-electron chi connectivity index (χ0n) is 8.89. The third-order valence-electron chi connectivity index (χ3n) is 2.04. The van der Waals surface area contributed by atoms with Crippen LogP contribution in [0.3, 0.4) is 0 Å². The van der Waals surface area contributed by atoms with E-state index in [4.69, 9.17) is 5.11 Å². The first-order valence-corrected chi connectivity index (χ1v) is 4.93. The third-order valence-corrected chi connectivity index (χ3v) is 2.04. The lowest BCUT2D eigenvalue weighted by Crippen LogP contribution is -2.01. The van der Waals surface area contributed by atoms with Gasteiger partial charge in [-0.3, -0.25) is 0 Å². The Labute approximate surface area is 97.3 Å². The van der Waals surface area contributed by atoms with Gasteiger partial charge in [0.1, 0.15) is 0 Å². The molecule has 2 aromatic rings. The molecular formula is C11H10N4O2. The van der Waals surface area contributed by atoms with Gasteiger partial charge < -0.3 is 9.67 Å². The molecular weight excluding hydrogens is 220 g/mol. The van der Waals surface area contributed by atoms with E-state index in [1.54, 1.807) is 24.7 Å². The van der Waals surface area contributed by atoms with E-state index in [1.165, 1.54) is 6.08 Å². The van der Waals surface area contributed by atoms with E-state index in [0.29, 0.717) is 12.2 Å². The first kappa shape index (κ1) is 11.0. The van der Waals surface area contributed by atoms with Crippen LogP contribution >= 0.6 is 0 Å². The van der Waals surface area contributed by atoms with Gasteiger partial charge in [-0.2, -0.15) is 10.2 Å². The number of carboxylic acid groups (broad SMARTS) is 1. The highest BCUT2D eigenvalue weighted by molar-refractivity contribution is 5.84. The molecule has 6 nitrogen and oxygen atoms in total. The first-order valence-electron chi connectivity index (χ1n) is 4.93. The van der Waals surface area contributed by atoms with Crippen LogP contribution in [0.5, 0.6) is 0 Å². The van der Waals surface area contributed by atoms with Gasteiger partial charge in [0, 0.05) is 18.5 Å². The largest absolute Gasteiger partial charge is 0.478 e. The molecule has 0 aromatic carbocycles. The first-order chi connectivity index (χ1) is 8.24. The van der Waals surface area contributed by atoms with Crippen LogP contribution in [0.2, 0.25) is 0 Å². The highest BCUT2D eigenvalue weighted by atomic mass is 16.4. The molecule has 0 spiro atoms. The molecule has 0 saturated heterocycles. The lowest BCUT2D eigenvalue weighted by Gasteiger charge is -2.00. The maximum atomic E-state index is 10.3. The summed E-state index contributed by atoms with van der Waals surface area (Å²) in [7, 11) is 0. The quantitative estimate of drug-likeness (QED) is 0.786. The minimum absolute atomic E-state index is 0.516. The number of nitrogens with zero attached hydrogens (tertiary/aromatic N) is 4. The Morgan fingerprint density at radius 1 is 1.41 bits per heavy atom. The average molecular weight is 230 g/mol. The Kier molecular flexibility index (Phi) is 3.25. The van der Waals surface area contributed by atoms with Crippen LogP contribution in [-0.2, 0) is 11.3 Å². The monoisotopic (exact) mass is 230 g/mol. The van der Waals surface area contributed by atoms with E-state index in [1.807, 2.05) is 10.8 Å². The summed E-state index contributed by atoms with van der Waals surface area (Å²) in [6.45, 7) is 0.593. The topological polar surface area (TPSA) is 80.9 Å². The highest BCUT2D eigenvalue weighted by Gasteiger charge is 1.97. The lowest BCUT2D eigenvalue weighted by atomic mass is 10.3. The molecule has 2 rings (SSSR count). The summed E-state index contributed by atoms with van der Waals surface area (Å²) in [5.41, 5.74) is 1.30. The molecule has 0 aliphatic rings. The number of hydrogen-bond acceptors (Lipinski definition) is 4. The summed E-state index contributed by atoms with van der Waals surface area (Å²) in [4.78, 5) is 14.2. The molecule has 6 heteroatoms. The van der Waals surface area contributed by atoms with Crippen LogP contribution in [0, 0.1) is 0 Å². The summed E-state index contributed by atoms with van der Waals surface area (Å²) in [6.07, 6.45) is 7.65. The van der Waals surface area contributed by atoms with Crippen molar-refractivity contribution in [3.63, 3.8) is 0 Å². The Hall–Kier alpha value is -2.50. The maximum Gasteiger partial charge on any atom is 0.328 e. The summed E-state index contributed by atoms with van der Waals surface area (Å²) in [6, 6.07) is 3.52. The van der Waals surface area contributed by atoms with Gasteiger partial charge in [-0.1, -0.05) is 0 Å². The van der Waals surface area contributed by atoms with Crippen molar-refractivity contribution < 1.29 is 9.90 Å². The Morgan fingerprint density at radius 3 is 2.88 bits per heavy atom. The summed E-state index contributed by atoms with van der Waals surface area (Å²) >= 11 is 0. The molecule has 0 atom stereocenters. The van der Waals surface area contributed by atoms with Gasteiger partial charge in [0.05, 0.1) is 24.3 Å². The van der Waals surface area contributed by atoms with Crippen LogP contribution in [0.25, 0.3) is 6.08 Å². The van der Waals surface area contributed by atoms with Crippen molar-refractivity contribution in [1.29, 1.82) is 0 Å². The molecule has 0 aliphatic heterocycles. The molecule has 2 aromatic heterocycles. The van der Waals surface area contributed by atoms with Gasteiger partial charge in [-0.15, -0.1) is 0 Å². The van der Waals surface area contributed by atoms with E-state index < -0.39 is 5.97 Å². The van der Waals surface area contributed by atoms with Crippen LogP contribution in [0.4, 0.5) is 0 Å². The van der Waals surface area contributed by atoms with Gasteiger partial charge in [-0.05, 0) is 18.2 Å². The van der Waals surface area contributed by atoms with E-state index in [-0.39, 0.29) is 0 Å². The van der Waals surface area contributed by atoms with Gasteiger partial charge in [0.2, 0.25) is 0 Å². The second-order valence-electron chi connectivity index (χ2n) is 3.36.